The summed E-state index contributed by atoms with van der Waals surface area (Å²) in [7, 11) is 0. The summed E-state index contributed by atoms with van der Waals surface area (Å²) >= 11 is 1.53. The molecule has 0 bridgehead atoms. The number of carboxylic acid groups (broad SMARTS) is 1. The SMILES string of the molecule is CC[C@H](C)[C@H](NC(=O)[C@H](CO)NC(=O)[C@@H](NC(=O)[C@H](CO)NC(=O)[C@@H](NC(=O)[C@H](CCCCN)NC(=O)[C@@H](NC(=O)[C@H](CCCCN)NC(=O)[C@@H](N)CCSC)[C@@H](C)CC)[C@@H](C)CC)C(C)C)C(=O)O. The van der Waals surface area contributed by atoms with Gasteiger partial charge in [-0.25, -0.2) is 4.79 Å². The molecule has 0 spiro atoms. The van der Waals surface area contributed by atoms with E-state index in [0.29, 0.717) is 63.7 Å². The van der Waals surface area contributed by atoms with Gasteiger partial charge in [-0.05, 0) is 93.7 Å². The molecule has 23 nitrogen and oxygen atoms in total. The lowest BCUT2D eigenvalue weighted by Gasteiger charge is -2.31. The van der Waals surface area contributed by atoms with Gasteiger partial charge in [-0.3, -0.25) is 38.4 Å². The van der Waals surface area contributed by atoms with Gasteiger partial charge in [0.05, 0.1) is 19.3 Å². The van der Waals surface area contributed by atoms with E-state index >= 15 is 0 Å². The number of rotatable bonds is 37. The zero-order valence-electron chi connectivity index (χ0n) is 42.8. The Morgan fingerprint density at radius 2 is 0.786 bits per heavy atom. The van der Waals surface area contributed by atoms with Gasteiger partial charge in [-0.1, -0.05) is 74.7 Å². The van der Waals surface area contributed by atoms with Crippen molar-refractivity contribution in [2.45, 2.75) is 174 Å². The summed E-state index contributed by atoms with van der Waals surface area (Å²) in [5.74, 6) is -9.13. The quantitative estimate of drug-likeness (QED) is 0.0301. The molecule has 24 heteroatoms. The average Bonchev–Trinajstić information content (AvgIpc) is 3.33. The van der Waals surface area contributed by atoms with E-state index in [1.165, 1.54) is 11.8 Å². The lowest BCUT2D eigenvalue weighted by Crippen LogP contribution is -2.62. The van der Waals surface area contributed by atoms with Crippen LogP contribution in [-0.2, 0) is 43.2 Å². The van der Waals surface area contributed by atoms with Crippen LogP contribution >= 0.6 is 11.8 Å². The monoisotopic (exact) mass is 1020 g/mol. The van der Waals surface area contributed by atoms with Gasteiger partial charge in [0.2, 0.25) is 47.3 Å². The Bertz CT molecular complexity index is 1660. The molecule has 0 aliphatic carbocycles. The third-order valence-corrected chi connectivity index (χ3v) is 13.0. The van der Waals surface area contributed by atoms with Gasteiger partial charge in [0.1, 0.15) is 48.3 Å². The molecule has 8 amide bonds. The summed E-state index contributed by atoms with van der Waals surface area (Å²) in [5, 5.41) is 50.4. The zero-order valence-corrected chi connectivity index (χ0v) is 43.6. The van der Waals surface area contributed by atoms with E-state index in [1.54, 1.807) is 48.5 Å². The van der Waals surface area contributed by atoms with Gasteiger partial charge in [-0.2, -0.15) is 11.8 Å². The molecule has 12 atom stereocenters. The number of thioether (sulfide) groups is 1. The third-order valence-electron chi connectivity index (χ3n) is 12.4. The van der Waals surface area contributed by atoms with Crippen LogP contribution in [0.1, 0.15) is 120 Å². The molecule has 0 saturated heterocycles. The highest BCUT2D eigenvalue weighted by atomic mass is 32.2. The summed E-state index contributed by atoms with van der Waals surface area (Å²) in [5.41, 5.74) is 17.5. The van der Waals surface area contributed by atoms with Crippen LogP contribution in [0.2, 0.25) is 0 Å². The molecular formula is C46H87N11O12S. The number of carbonyl (C=O) groups is 9. The minimum absolute atomic E-state index is 0.0909. The minimum atomic E-state index is -1.65. The molecule has 404 valence electrons. The van der Waals surface area contributed by atoms with E-state index < -0.39 is 144 Å². The molecule has 0 aromatic rings. The van der Waals surface area contributed by atoms with Crippen molar-refractivity contribution in [1.82, 2.24) is 42.5 Å². The topological polar surface area (TPSA) is 389 Å². The van der Waals surface area contributed by atoms with Crippen LogP contribution in [0.3, 0.4) is 0 Å². The zero-order chi connectivity index (χ0) is 53.7. The van der Waals surface area contributed by atoms with Crippen molar-refractivity contribution < 1.29 is 58.5 Å². The number of hydrogen-bond donors (Lipinski definition) is 14. The maximum Gasteiger partial charge on any atom is 0.326 e. The summed E-state index contributed by atoms with van der Waals surface area (Å²) in [6.07, 6.45) is 5.78. The van der Waals surface area contributed by atoms with Crippen molar-refractivity contribution in [2.24, 2.45) is 40.9 Å². The number of unbranched alkanes of at least 4 members (excludes halogenated alkanes) is 2. The van der Waals surface area contributed by atoms with Gasteiger partial charge < -0.3 is 75.1 Å². The normalized spacial score (nSPS) is 16.5. The van der Waals surface area contributed by atoms with Gasteiger partial charge in [0, 0.05) is 0 Å². The molecular weight excluding hydrogens is 931 g/mol. The lowest BCUT2D eigenvalue weighted by molar-refractivity contribution is -0.144. The first kappa shape index (κ1) is 65.4. The van der Waals surface area contributed by atoms with E-state index in [-0.39, 0.29) is 19.4 Å². The van der Waals surface area contributed by atoms with E-state index in [1.807, 2.05) is 13.2 Å². The first-order valence-electron chi connectivity index (χ1n) is 24.6. The summed E-state index contributed by atoms with van der Waals surface area (Å²) in [6.45, 7) is 12.3. The van der Waals surface area contributed by atoms with Crippen LogP contribution in [0.5, 0.6) is 0 Å². The first-order valence-corrected chi connectivity index (χ1v) is 25.9. The Kier molecular flexibility index (Phi) is 33.1. The molecule has 0 heterocycles. The van der Waals surface area contributed by atoms with Crippen molar-refractivity contribution in [3.05, 3.63) is 0 Å². The number of hydrogen-bond acceptors (Lipinski definition) is 15. The predicted octanol–water partition coefficient (Wildman–Crippen LogP) is -1.93. The van der Waals surface area contributed by atoms with Crippen LogP contribution in [0.25, 0.3) is 0 Å². The highest BCUT2D eigenvalue weighted by Crippen LogP contribution is 2.15. The number of nitrogens with one attached hydrogen (secondary N) is 8. The maximum absolute atomic E-state index is 14.1. The predicted molar refractivity (Wildman–Crippen MR) is 267 cm³/mol. The second-order valence-electron chi connectivity index (χ2n) is 18.3. The van der Waals surface area contributed by atoms with E-state index in [4.69, 9.17) is 17.2 Å². The second kappa shape index (κ2) is 35.5. The van der Waals surface area contributed by atoms with Gasteiger partial charge in [0.25, 0.3) is 0 Å². The van der Waals surface area contributed by atoms with Crippen molar-refractivity contribution in [3.8, 4) is 0 Å². The molecule has 0 aromatic carbocycles. The first-order chi connectivity index (χ1) is 33.0. The molecule has 0 unspecified atom stereocenters. The molecule has 0 fully saturated rings. The molecule has 0 radical (unpaired) electrons. The molecule has 0 rings (SSSR count). The van der Waals surface area contributed by atoms with Crippen LogP contribution in [0.15, 0.2) is 0 Å². The molecule has 0 saturated carbocycles. The smallest absolute Gasteiger partial charge is 0.326 e. The van der Waals surface area contributed by atoms with Crippen molar-refractivity contribution in [3.63, 3.8) is 0 Å². The number of aliphatic carboxylic acids is 1. The summed E-state index contributed by atoms with van der Waals surface area (Å²) in [4.78, 5) is 121. The standard InChI is InChI=1S/C46H87N11O12S/c1-10-26(6)35(55-39(61)30(17-13-15-20-47)50-38(60)29(49)19-22-70-9)44(66)51-31(18-14-16-21-48)40(62)56-36(27(7)11-2)45(67)53-32(23-58)41(63)54-34(25(4)5)43(65)52-33(24-59)42(64)57-37(46(68)69)28(8)12-3/h25-37,58-59H,10-24,47-49H2,1-9H3,(H,50,60)(H,51,66)(H,52,65)(H,53,67)(H,54,63)(H,55,61)(H,56,62)(H,57,64)(H,68,69)/t26-,27-,28-,29-,30-,31-,32-,33-,34-,35-,36-,37-/m0/s1. The third kappa shape index (κ3) is 23.1. The lowest BCUT2D eigenvalue weighted by atomic mass is 9.95. The summed E-state index contributed by atoms with van der Waals surface area (Å²) in [6, 6.07) is -11.5. The fraction of sp³-hybridized carbons (Fsp3) is 0.804. The van der Waals surface area contributed by atoms with Crippen LogP contribution in [-0.4, -0.2) is 161 Å². The number of nitrogens with two attached hydrogens (primary N) is 3. The minimum Gasteiger partial charge on any atom is -0.480 e. The Labute approximate surface area is 418 Å². The molecule has 0 aliphatic heterocycles. The molecule has 70 heavy (non-hydrogen) atoms. The van der Waals surface area contributed by atoms with Crippen LogP contribution < -0.4 is 59.7 Å². The molecule has 0 aliphatic rings. The van der Waals surface area contributed by atoms with E-state index in [2.05, 4.69) is 42.5 Å². The summed E-state index contributed by atoms with van der Waals surface area (Å²) < 4.78 is 0. The Morgan fingerprint density at radius 1 is 0.457 bits per heavy atom. The van der Waals surface area contributed by atoms with E-state index in [0.717, 1.165) is 0 Å². The Hall–Kier alpha value is -4.62. The van der Waals surface area contributed by atoms with Crippen LogP contribution in [0, 0.1) is 23.7 Å². The highest BCUT2D eigenvalue weighted by Gasteiger charge is 2.37. The Morgan fingerprint density at radius 3 is 1.13 bits per heavy atom. The Balaban J connectivity index is 6.43. The fourth-order valence-corrected chi connectivity index (χ4v) is 7.48. The average molecular weight is 1020 g/mol. The van der Waals surface area contributed by atoms with Crippen molar-refractivity contribution in [1.29, 1.82) is 0 Å². The fourth-order valence-electron chi connectivity index (χ4n) is 6.99. The van der Waals surface area contributed by atoms with E-state index in [9.17, 15) is 58.5 Å². The largest absolute Gasteiger partial charge is 0.480 e. The number of aliphatic hydroxyl groups excluding tert-OH is 2. The number of aliphatic hydroxyl groups is 2. The second-order valence-corrected chi connectivity index (χ2v) is 19.2. The molecule has 0 aromatic heterocycles. The van der Waals surface area contributed by atoms with Gasteiger partial charge >= 0.3 is 5.97 Å². The number of carbonyl (C=O) groups excluding carboxylic acids is 8. The van der Waals surface area contributed by atoms with Crippen molar-refractivity contribution >= 4 is 65.0 Å². The van der Waals surface area contributed by atoms with Gasteiger partial charge in [0.15, 0.2) is 0 Å². The number of amides is 8. The highest BCUT2D eigenvalue weighted by molar-refractivity contribution is 7.98. The van der Waals surface area contributed by atoms with Crippen LogP contribution in [0.4, 0.5) is 0 Å². The number of carboxylic acids is 1. The molecule has 17 N–H and O–H groups in total. The maximum atomic E-state index is 14.1. The van der Waals surface area contributed by atoms with Gasteiger partial charge in [-0.15, -0.1) is 0 Å². The van der Waals surface area contributed by atoms with Crippen molar-refractivity contribution in [2.75, 3.05) is 38.3 Å².